The highest BCUT2D eigenvalue weighted by Crippen LogP contribution is 2.41. The predicted molar refractivity (Wildman–Crippen MR) is 114 cm³/mol. The van der Waals surface area contributed by atoms with E-state index in [-0.39, 0.29) is 22.2 Å². The molecule has 7 N–H and O–H groups in total. The van der Waals surface area contributed by atoms with Gasteiger partial charge in [-0.1, -0.05) is 12.1 Å². The maximum absolute atomic E-state index is 11.8. The first-order chi connectivity index (χ1) is 13.8. The first kappa shape index (κ1) is 19.2. The van der Waals surface area contributed by atoms with Crippen molar-refractivity contribution in [3.05, 3.63) is 40.8 Å². The largest absolute Gasteiger partial charge is 0.478 e. The molecule has 0 spiro atoms. The molecular weight excluding hydrogens is 390 g/mol. The number of carboxylic acid groups (broad SMARTS) is 1. The Morgan fingerprint density at radius 1 is 1.21 bits per heavy atom. The van der Waals surface area contributed by atoms with E-state index < -0.39 is 11.9 Å². The summed E-state index contributed by atoms with van der Waals surface area (Å²) in [6, 6.07) is 8.70. The summed E-state index contributed by atoms with van der Waals surface area (Å²) in [5, 5.41) is 9.98. The van der Waals surface area contributed by atoms with Gasteiger partial charge < -0.3 is 27.2 Å². The lowest BCUT2D eigenvalue weighted by Crippen LogP contribution is -2.40. The molecular formula is C20H21N5O3S. The molecule has 0 bridgehead atoms. The summed E-state index contributed by atoms with van der Waals surface area (Å²) in [7, 11) is 0. The molecule has 3 heterocycles. The van der Waals surface area contributed by atoms with Gasteiger partial charge in [-0.25, -0.2) is 9.78 Å². The van der Waals surface area contributed by atoms with Crippen LogP contribution in [-0.2, 0) is 0 Å². The summed E-state index contributed by atoms with van der Waals surface area (Å²) in [5.41, 5.74) is 19.6. The Balaban J connectivity index is 1.93. The van der Waals surface area contributed by atoms with Crippen molar-refractivity contribution in [3.8, 4) is 11.1 Å². The van der Waals surface area contributed by atoms with Gasteiger partial charge in [0.2, 0.25) is 0 Å². The molecule has 1 amide bonds. The molecule has 8 nitrogen and oxygen atoms in total. The zero-order chi connectivity index (χ0) is 20.7. The second-order valence-corrected chi connectivity index (χ2v) is 8.13. The number of carbonyl (C=O) groups excluding carboxylic acids is 1. The van der Waals surface area contributed by atoms with Crippen molar-refractivity contribution >= 4 is 44.9 Å². The number of carbonyl (C=O) groups is 2. The Hall–Kier alpha value is -3.17. The molecule has 0 atom stereocenters. The van der Waals surface area contributed by atoms with Crippen LogP contribution in [0.2, 0.25) is 0 Å². The number of carboxylic acids is 1. The summed E-state index contributed by atoms with van der Waals surface area (Å²) < 4.78 is 0. The number of anilines is 2. The molecule has 9 heteroatoms. The number of nitrogen functional groups attached to an aromatic ring is 1. The van der Waals surface area contributed by atoms with Gasteiger partial charge in [0.05, 0.1) is 11.3 Å². The molecule has 1 fully saturated rings. The van der Waals surface area contributed by atoms with E-state index in [2.05, 4.69) is 4.90 Å². The number of piperidine rings is 1. The Morgan fingerprint density at radius 2 is 1.93 bits per heavy atom. The quantitative estimate of drug-likeness (QED) is 0.514. The number of hydrogen-bond acceptors (Lipinski definition) is 7. The predicted octanol–water partition coefficient (Wildman–Crippen LogP) is 2.27. The first-order valence-corrected chi connectivity index (χ1v) is 10.0. The maximum Gasteiger partial charge on any atom is 0.335 e. The van der Waals surface area contributed by atoms with Crippen LogP contribution >= 0.6 is 11.3 Å². The number of thiophene rings is 1. The van der Waals surface area contributed by atoms with Crippen LogP contribution in [-0.4, -0.2) is 41.1 Å². The Bertz CT molecular complexity index is 1120. The SMILES string of the molecule is NC(=O)c1sc2nc(N3CCC(N)CC3)cc(-c3cccc(C(=O)O)c3)c2c1N. The van der Waals surface area contributed by atoms with E-state index >= 15 is 0 Å². The molecule has 3 aromatic rings. The first-order valence-electron chi connectivity index (χ1n) is 9.22. The molecule has 1 aliphatic heterocycles. The van der Waals surface area contributed by atoms with Crippen molar-refractivity contribution in [2.45, 2.75) is 18.9 Å². The van der Waals surface area contributed by atoms with E-state index in [9.17, 15) is 14.7 Å². The molecule has 29 heavy (non-hydrogen) atoms. The van der Waals surface area contributed by atoms with Gasteiger partial charge in [0.25, 0.3) is 5.91 Å². The van der Waals surface area contributed by atoms with Crippen molar-refractivity contribution < 1.29 is 14.7 Å². The summed E-state index contributed by atoms with van der Waals surface area (Å²) >= 11 is 1.15. The fraction of sp³-hybridized carbons (Fsp3) is 0.250. The van der Waals surface area contributed by atoms with Crippen LogP contribution in [0.4, 0.5) is 11.5 Å². The summed E-state index contributed by atoms with van der Waals surface area (Å²) in [6.07, 6.45) is 1.73. The van der Waals surface area contributed by atoms with Gasteiger partial charge in [-0.15, -0.1) is 11.3 Å². The normalized spacial score (nSPS) is 15.0. The van der Waals surface area contributed by atoms with Gasteiger partial charge in [-0.3, -0.25) is 4.79 Å². The molecule has 150 valence electrons. The number of amides is 1. The smallest absolute Gasteiger partial charge is 0.335 e. The number of primary amides is 1. The van der Waals surface area contributed by atoms with Gasteiger partial charge in [0.15, 0.2) is 0 Å². The minimum atomic E-state index is -1.02. The van der Waals surface area contributed by atoms with E-state index in [1.165, 1.54) is 6.07 Å². The molecule has 2 aromatic heterocycles. The topological polar surface area (TPSA) is 149 Å². The zero-order valence-corrected chi connectivity index (χ0v) is 16.4. The molecule has 1 saturated heterocycles. The second kappa shape index (κ2) is 7.34. The third-order valence-electron chi connectivity index (χ3n) is 5.19. The fourth-order valence-electron chi connectivity index (χ4n) is 3.63. The standard InChI is InChI=1S/C20H21N5O3S/c21-12-4-6-25(7-5-12)14-9-13(10-2-1-3-11(8-10)20(27)28)15-16(22)17(18(23)26)29-19(15)24-14/h1-3,8-9,12H,4-7,21-22H2,(H2,23,26)(H,27,28). The summed E-state index contributed by atoms with van der Waals surface area (Å²) in [4.78, 5) is 31.0. The fourth-order valence-corrected chi connectivity index (χ4v) is 4.60. The van der Waals surface area contributed by atoms with Crippen molar-refractivity contribution in [3.63, 3.8) is 0 Å². The van der Waals surface area contributed by atoms with Crippen LogP contribution in [0.1, 0.15) is 32.9 Å². The van der Waals surface area contributed by atoms with Crippen molar-refractivity contribution in [1.82, 2.24) is 4.98 Å². The lowest BCUT2D eigenvalue weighted by Gasteiger charge is -2.31. The van der Waals surface area contributed by atoms with Crippen LogP contribution in [0.3, 0.4) is 0 Å². The molecule has 0 unspecified atom stereocenters. The summed E-state index contributed by atoms with van der Waals surface area (Å²) in [5.74, 6) is -0.878. The highest BCUT2D eigenvalue weighted by atomic mass is 32.1. The maximum atomic E-state index is 11.8. The minimum absolute atomic E-state index is 0.168. The van der Waals surface area contributed by atoms with Crippen LogP contribution in [0.5, 0.6) is 0 Å². The van der Waals surface area contributed by atoms with E-state index in [0.717, 1.165) is 48.6 Å². The van der Waals surface area contributed by atoms with Gasteiger partial charge in [-0.05, 0) is 42.2 Å². The van der Waals surface area contributed by atoms with Crippen molar-refractivity contribution in [1.29, 1.82) is 0 Å². The zero-order valence-electron chi connectivity index (χ0n) is 15.6. The average Bonchev–Trinajstić information content (AvgIpc) is 3.05. The molecule has 0 aliphatic carbocycles. The molecule has 4 rings (SSSR count). The third-order valence-corrected chi connectivity index (χ3v) is 6.31. The number of aromatic carboxylic acids is 1. The van der Waals surface area contributed by atoms with Crippen LogP contribution in [0, 0.1) is 0 Å². The van der Waals surface area contributed by atoms with E-state index in [4.69, 9.17) is 22.2 Å². The number of aromatic nitrogens is 1. The van der Waals surface area contributed by atoms with Crippen molar-refractivity contribution in [2.24, 2.45) is 11.5 Å². The molecule has 1 aliphatic rings. The lowest BCUT2D eigenvalue weighted by atomic mass is 9.99. The third kappa shape index (κ3) is 3.50. The van der Waals surface area contributed by atoms with Gasteiger partial charge in [0, 0.05) is 24.5 Å². The number of rotatable bonds is 4. The Morgan fingerprint density at radius 3 is 2.59 bits per heavy atom. The number of hydrogen-bond donors (Lipinski definition) is 4. The second-order valence-electron chi connectivity index (χ2n) is 7.13. The molecule has 0 saturated carbocycles. The number of pyridine rings is 1. The highest BCUT2D eigenvalue weighted by molar-refractivity contribution is 7.21. The van der Waals surface area contributed by atoms with E-state index in [0.29, 0.717) is 15.8 Å². The number of nitrogens with two attached hydrogens (primary N) is 3. The molecule has 0 radical (unpaired) electrons. The average molecular weight is 411 g/mol. The van der Waals surface area contributed by atoms with Crippen LogP contribution < -0.4 is 22.1 Å². The Labute approximate surface area is 170 Å². The van der Waals surface area contributed by atoms with E-state index in [1.807, 2.05) is 12.1 Å². The Kier molecular flexibility index (Phi) is 4.85. The number of nitrogens with zero attached hydrogens (tertiary/aromatic N) is 2. The number of fused-ring (bicyclic) bond motifs is 1. The van der Waals surface area contributed by atoms with E-state index in [1.54, 1.807) is 12.1 Å². The number of benzene rings is 1. The monoisotopic (exact) mass is 411 g/mol. The summed E-state index contributed by atoms with van der Waals surface area (Å²) in [6.45, 7) is 1.55. The lowest BCUT2D eigenvalue weighted by molar-refractivity contribution is 0.0696. The highest BCUT2D eigenvalue weighted by Gasteiger charge is 2.23. The van der Waals surface area contributed by atoms with Gasteiger partial charge in [-0.2, -0.15) is 0 Å². The van der Waals surface area contributed by atoms with Crippen LogP contribution in [0.25, 0.3) is 21.3 Å². The van der Waals surface area contributed by atoms with Crippen molar-refractivity contribution in [2.75, 3.05) is 23.7 Å². The van der Waals surface area contributed by atoms with Gasteiger partial charge in [0.1, 0.15) is 15.5 Å². The molecule has 1 aromatic carbocycles. The van der Waals surface area contributed by atoms with Gasteiger partial charge >= 0.3 is 5.97 Å². The minimum Gasteiger partial charge on any atom is -0.478 e. The van der Waals surface area contributed by atoms with Crippen LogP contribution in [0.15, 0.2) is 30.3 Å².